The third-order valence-electron chi connectivity index (χ3n) is 3.56. The summed E-state index contributed by atoms with van der Waals surface area (Å²) < 4.78 is 36.5. The van der Waals surface area contributed by atoms with E-state index in [1.807, 2.05) is 13.0 Å². The van der Waals surface area contributed by atoms with Gasteiger partial charge in [0.2, 0.25) is 0 Å². The Labute approximate surface area is 114 Å². The predicted octanol–water partition coefficient (Wildman–Crippen LogP) is 2.44. The molecule has 1 aromatic rings. The van der Waals surface area contributed by atoms with Gasteiger partial charge in [0.25, 0.3) is 0 Å². The minimum absolute atomic E-state index is 0.00833. The topological polar surface area (TPSA) is 46.2 Å². The zero-order valence-corrected chi connectivity index (χ0v) is 11.9. The maximum Gasteiger partial charge on any atom is 0.151 e. The number of nitrogens with one attached hydrogen (secondary N) is 1. The molecule has 1 fully saturated rings. The highest BCUT2D eigenvalue weighted by Crippen LogP contribution is 2.21. The molecule has 3 nitrogen and oxygen atoms in total. The lowest BCUT2D eigenvalue weighted by molar-refractivity contribution is 0.412. The average molecular weight is 285 g/mol. The molecule has 106 valence electrons. The van der Waals surface area contributed by atoms with Gasteiger partial charge in [-0.05, 0) is 37.0 Å². The fourth-order valence-corrected chi connectivity index (χ4v) is 4.26. The molecule has 0 aliphatic carbocycles. The van der Waals surface area contributed by atoms with E-state index in [0.29, 0.717) is 12.2 Å². The average Bonchev–Trinajstić information content (AvgIpc) is 2.35. The summed E-state index contributed by atoms with van der Waals surface area (Å²) in [7, 11) is -2.91. The molecule has 0 radical (unpaired) electrons. The molecule has 1 saturated heterocycles. The Morgan fingerprint density at radius 2 is 2.26 bits per heavy atom. The molecule has 19 heavy (non-hydrogen) atoms. The molecule has 1 heterocycles. The van der Waals surface area contributed by atoms with Crippen LogP contribution < -0.4 is 5.32 Å². The lowest BCUT2D eigenvalue weighted by Crippen LogP contribution is -2.41. The van der Waals surface area contributed by atoms with Crippen molar-refractivity contribution in [1.82, 2.24) is 5.32 Å². The lowest BCUT2D eigenvalue weighted by Gasteiger charge is -2.28. The normalized spacial score (nSPS) is 24.0. The maximum atomic E-state index is 13.2. The molecule has 1 aliphatic heterocycles. The van der Waals surface area contributed by atoms with Crippen molar-refractivity contribution in [3.63, 3.8) is 0 Å². The van der Waals surface area contributed by atoms with Crippen LogP contribution in [0.3, 0.4) is 0 Å². The van der Waals surface area contributed by atoms with Crippen LogP contribution in [0.15, 0.2) is 24.3 Å². The zero-order chi connectivity index (χ0) is 13.9. The summed E-state index contributed by atoms with van der Waals surface area (Å²) in [6.45, 7) is 2.01. The van der Waals surface area contributed by atoms with Gasteiger partial charge in [0, 0.05) is 12.1 Å². The summed E-state index contributed by atoms with van der Waals surface area (Å²) in [5.41, 5.74) is 0.880. The quantitative estimate of drug-likeness (QED) is 0.924. The second-order valence-electron chi connectivity index (χ2n) is 5.14. The zero-order valence-electron chi connectivity index (χ0n) is 11.1. The van der Waals surface area contributed by atoms with Gasteiger partial charge in [-0.1, -0.05) is 19.1 Å². The van der Waals surface area contributed by atoms with Crippen molar-refractivity contribution in [3.05, 3.63) is 35.6 Å². The van der Waals surface area contributed by atoms with E-state index in [1.165, 1.54) is 12.1 Å². The summed E-state index contributed by atoms with van der Waals surface area (Å²) in [6.07, 6.45) is 2.38. The molecule has 0 aromatic heterocycles. The summed E-state index contributed by atoms with van der Waals surface area (Å²) in [5, 5.41) is 3.36. The van der Waals surface area contributed by atoms with Gasteiger partial charge < -0.3 is 5.32 Å². The molecular weight excluding hydrogens is 265 g/mol. The summed E-state index contributed by atoms with van der Waals surface area (Å²) >= 11 is 0. The van der Waals surface area contributed by atoms with E-state index in [9.17, 15) is 12.8 Å². The Balaban J connectivity index is 2.07. The van der Waals surface area contributed by atoms with Gasteiger partial charge in [-0.3, -0.25) is 0 Å². The van der Waals surface area contributed by atoms with Crippen LogP contribution in [0.4, 0.5) is 4.39 Å². The molecule has 2 rings (SSSR count). The summed E-state index contributed by atoms with van der Waals surface area (Å²) in [5.74, 6) is 0.231. The van der Waals surface area contributed by atoms with Gasteiger partial charge in [-0.15, -0.1) is 0 Å². The first-order valence-corrected chi connectivity index (χ1v) is 8.54. The van der Waals surface area contributed by atoms with Gasteiger partial charge in [-0.25, -0.2) is 12.8 Å². The van der Waals surface area contributed by atoms with Gasteiger partial charge in [0.15, 0.2) is 9.84 Å². The molecule has 5 heteroatoms. The van der Waals surface area contributed by atoms with Crippen molar-refractivity contribution in [1.29, 1.82) is 0 Å². The standard InChI is InChI=1S/C14H20FNO2S/c1-2-14(11-5-3-6-12(15)9-11)16-13-7-4-8-19(17,18)10-13/h3,5-6,9,13-14,16H,2,4,7-8,10H2,1H3. The fraction of sp³-hybridized carbons (Fsp3) is 0.571. The van der Waals surface area contributed by atoms with Crippen LogP contribution in [-0.4, -0.2) is 26.0 Å². The Morgan fingerprint density at radius 1 is 1.47 bits per heavy atom. The van der Waals surface area contributed by atoms with E-state index in [2.05, 4.69) is 5.32 Å². The highest BCUT2D eigenvalue weighted by molar-refractivity contribution is 7.91. The number of benzene rings is 1. The molecule has 1 aromatic carbocycles. The Bertz CT molecular complexity index is 530. The van der Waals surface area contributed by atoms with E-state index in [-0.39, 0.29) is 23.7 Å². The molecule has 0 bridgehead atoms. The van der Waals surface area contributed by atoms with Crippen molar-refractivity contribution in [2.75, 3.05) is 11.5 Å². The first-order chi connectivity index (χ1) is 9.00. The van der Waals surface area contributed by atoms with E-state index in [4.69, 9.17) is 0 Å². The molecule has 0 spiro atoms. The van der Waals surface area contributed by atoms with Gasteiger partial charge >= 0.3 is 0 Å². The number of halogens is 1. The van der Waals surface area contributed by atoms with Gasteiger partial charge in [0.1, 0.15) is 5.82 Å². The fourth-order valence-electron chi connectivity index (χ4n) is 2.61. The first-order valence-electron chi connectivity index (χ1n) is 6.72. The molecule has 0 saturated carbocycles. The number of sulfone groups is 1. The van der Waals surface area contributed by atoms with Crippen molar-refractivity contribution in [3.8, 4) is 0 Å². The maximum absolute atomic E-state index is 13.2. The molecule has 1 aliphatic rings. The lowest BCUT2D eigenvalue weighted by atomic mass is 10.0. The highest BCUT2D eigenvalue weighted by Gasteiger charge is 2.26. The molecule has 2 unspecified atom stereocenters. The van der Waals surface area contributed by atoms with E-state index < -0.39 is 9.84 Å². The van der Waals surface area contributed by atoms with Gasteiger partial charge in [0.05, 0.1) is 11.5 Å². The third-order valence-corrected chi connectivity index (χ3v) is 5.38. The molecule has 2 atom stereocenters. The number of hydrogen-bond acceptors (Lipinski definition) is 3. The minimum Gasteiger partial charge on any atom is -0.306 e. The van der Waals surface area contributed by atoms with Crippen LogP contribution in [0, 0.1) is 5.82 Å². The smallest absolute Gasteiger partial charge is 0.151 e. The van der Waals surface area contributed by atoms with Crippen LogP contribution in [0.25, 0.3) is 0 Å². The predicted molar refractivity (Wildman–Crippen MR) is 74.2 cm³/mol. The molecule has 0 amide bonds. The second-order valence-corrected chi connectivity index (χ2v) is 7.36. The Hall–Kier alpha value is -0.940. The summed E-state index contributed by atoms with van der Waals surface area (Å²) in [6, 6.07) is 6.48. The monoisotopic (exact) mass is 285 g/mol. The molecular formula is C14H20FNO2S. The first kappa shape index (κ1) is 14.5. The molecule has 1 N–H and O–H groups in total. The second kappa shape index (κ2) is 6.01. The van der Waals surface area contributed by atoms with Crippen LogP contribution in [0.2, 0.25) is 0 Å². The van der Waals surface area contributed by atoms with Gasteiger partial charge in [-0.2, -0.15) is 0 Å². The third kappa shape index (κ3) is 4.01. The minimum atomic E-state index is -2.91. The van der Waals surface area contributed by atoms with E-state index >= 15 is 0 Å². The number of rotatable bonds is 4. The van der Waals surface area contributed by atoms with Crippen LogP contribution in [-0.2, 0) is 9.84 Å². The van der Waals surface area contributed by atoms with Crippen LogP contribution in [0.5, 0.6) is 0 Å². The van der Waals surface area contributed by atoms with Crippen molar-refractivity contribution in [2.45, 2.75) is 38.3 Å². The van der Waals surface area contributed by atoms with Crippen molar-refractivity contribution >= 4 is 9.84 Å². The number of hydrogen-bond donors (Lipinski definition) is 1. The largest absolute Gasteiger partial charge is 0.306 e. The Morgan fingerprint density at radius 3 is 2.89 bits per heavy atom. The van der Waals surface area contributed by atoms with Crippen molar-refractivity contribution < 1.29 is 12.8 Å². The van der Waals surface area contributed by atoms with Crippen LogP contribution >= 0.6 is 0 Å². The SMILES string of the molecule is CCC(NC1CCCS(=O)(=O)C1)c1cccc(F)c1. The van der Waals surface area contributed by atoms with Crippen molar-refractivity contribution in [2.24, 2.45) is 0 Å². The van der Waals surface area contributed by atoms with E-state index in [0.717, 1.165) is 18.4 Å². The van der Waals surface area contributed by atoms with Crippen LogP contribution in [0.1, 0.15) is 37.8 Å². The van der Waals surface area contributed by atoms with E-state index in [1.54, 1.807) is 6.07 Å². The summed E-state index contributed by atoms with van der Waals surface area (Å²) in [4.78, 5) is 0. The Kier molecular flexibility index (Phi) is 4.58. The highest BCUT2D eigenvalue weighted by atomic mass is 32.2.